The maximum Gasteiger partial charge on any atom is 0.490 e. The van der Waals surface area contributed by atoms with Crippen LogP contribution in [0.25, 0.3) is 0 Å². The Balaban J connectivity index is 0.000000572. The number of nitrogens with zero attached hydrogens (tertiary/aromatic N) is 2. The summed E-state index contributed by atoms with van der Waals surface area (Å²) in [5.41, 5.74) is 0.288. The number of carbonyl (C=O) groups excluding carboxylic acids is 1. The number of ether oxygens (including phenoxy) is 1. The van der Waals surface area contributed by atoms with Gasteiger partial charge in [0, 0.05) is 18.9 Å². The molecule has 36 heavy (non-hydrogen) atoms. The molecule has 0 spiro atoms. The van der Waals surface area contributed by atoms with E-state index in [1.165, 1.54) is 24.3 Å². The van der Waals surface area contributed by atoms with Crippen LogP contribution >= 0.6 is 34.5 Å². The molecule has 3 rings (SSSR count). The molecule has 9 nitrogen and oxygen atoms in total. The smallest absolute Gasteiger partial charge is 0.490 e. The zero-order valence-corrected chi connectivity index (χ0v) is 21.1. The number of benzene rings is 1. The van der Waals surface area contributed by atoms with Crippen molar-refractivity contribution in [3.63, 3.8) is 0 Å². The predicted octanol–water partition coefficient (Wildman–Crippen LogP) is 4.81. The number of halogens is 5. The number of hydrogen-bond acceptors (Lipinski definition) is 8. The fraction of sp³-hybridized carbons (Fsp3) is 0.250. The first-order valence-corrected chi connectivity index (χ1v) is 12.9. The molecular formula is C20H17Cl2F3N2O7S2. The third-order valence-corrected chi connectivity index (χ3v) is 8.28. The van der Waals surface area contributed by atoms with Gasteiger partial charge < -0.3 is 19.5 Å². The lowest BCUT2D eigenvalue weighted by molar-refractivity contribution is -0.192. The molecule has 3 aromatic rings. The van der Waals surface area contributed by atoms with Crippen molar-refractivity contribution in [1.29, 1.82) is 0 Å². The van der Waals surface area contributed by atoms with Crippen LogP contribution in [-0.4, -0.2) is 52.9 Å². The molecule has 0 atom stereocenters. The largest absolute Gasteiger partial charge is 0.507 e. The van der Waals surface area contributed by atoms with E-state index in [9.17, 15) is 31.5 Å². The summed E-state index contributed by atoms with van der Waals surface area (Å²) in [6.45, 7) is 0.819. The van der Waals surface area contributed by atoms with Crippen molar-refractivity contribution in [1.82, 2.24) is 9.55 Å². The highest BCUT2D eigenvalue weighted by Gasteiger charge is 2.38. The SMILES string of the molecule is O=C(O)C(F)(F)F.O=C(OCCCn1ccnc1)c1ccc(CS(=O)(=O)c2cc(Cl)c(Cl)s2)cc1O. The summed E-state index contributed by atoms with van der Waals surface area (Å²) >= 11 is 12.5. The Morgan fingerprint density at radius 3 is 2.36 bits per heavy atom. The van der Waals surface area contributed by atoms with Crippen molar-refractivity contribution in [3.05, 3.63) is 63.5 Å². The molecular weight excluding hydrogens is 572 g/mol. The summed E-state index contributed by atoms with van der Waals surface area (Å²) in [5, 5.41) is 17.4. The summed E-state index contributed by atoms with van der Waals surface area (Å²) in [4.78, 5) is 25.0. The molecule has 0 unspecified atom stereocenters. The number of carbonyl (C=O) groups is 2. The molecule has 16 heteroatoms. The topological polar surface area (TPSA) is 136 Å². The number of phenolic OH excluding ortho intramolecular Hbond substituents is 1. The van der Waals surface area contributed by atoms with Crippen LogP contribution in [-0.2, 0) is 31.7 Å². The zero-order chi connectivity index (χ0) is 27.1. The highest BCUT2D eigenvalue weighted by Crippen LogP contribution is 2.36. The lowest BCUT2D eigenvalue weighted by Crippen LogP contribution is -2.21. The van der Waals surface area contributed by atoms with Crippen LogP contribution in [0, 0.1) is 0 Å². The highest BCUT2D eigenvalue weighted by atomic mass is 35.5. The Morgan fingerprint density at radius 1 is 1.19 bits per heavy atom. The van der Waals surface area contributed by atoms with Gasteiger partial charge in [-0.25, -0.2) is 23.0 Å². The maximum absolute atomic E-state index is 12.5. The van der Waals surface area contributed by atoms with Crippen molar-refractivity contribution in [2.45, 2.75) is 29.1 Å². The molecule has 2 N–H and O–H groups in total. The number of aliphatic carboxylic acids is 1. The van der Waals surface area contributed by atoms with E-state index < -0.39 is 28.0 Å². The number of aromatic nitrogens is 2. The molecule has 0 bridgehead atoms. The summed E-state index contributed by atoms with van der Waals surface area (Å²) in [5.74, 6) is -4.15. The first kappa shape index (κ1) is 29.4. The molecule has 2 heterocycles. The zero-order valence-electron chi connectivity index (χ0n) is 17.9. The molecule has 1 aromatic carbocycles. The minimum atomic E-state index is -5.08. The van der Waals surface area contributed by atoms with Crippen molar-refractivity contribution in [3.8, 4) is 5.75 Å². The molecule has 0 aliphatic carbocycles. The minimum absolute atomic E-state index is 0.0315. The van der Waals surface area contributed by atoms with Crippen LogP contribution in [0.15, 0.2) is 47.2 Å². The van der Waals surface area contributed by atoms with Gasteiger partial charge in [0.1, 0.15) is 19.9 Å². The molecule has 0 saturated carbocycles. The Labute approximate surface area is 216 Å². The van der Waals surface area contributed by atoms with Crippen LogP contribution in [0.2, 0.25) is 9.36 Å². The van der Waals surface area contributed by atoms with E-state index in [2.05, 4.69) is 4.98 Å². The number of hydrogen-bond donors (Lipinski definition) is 2. The van der Waals surface area contributed by atoms with Gasteiger partial charge in [0.25, 0.3) is 0 Å². The van der Waals surface area contributed by atoms with Gasteiger partial charge in [0.05, 0.1) is 23.7 Å². The Kier molecular flexibility index (Phi) is 10.2. The fourth-order valence-corrected chi connectivity index (χ4v) is 5.82. The number of aryl methyl sites for hydroxylation is 1. The minimum Gasteiger partial charge on any atom is -0.507 e. The van der Waals surface area contributed by atoms with E-state index in [1.54, 1.807) is 18.7 Å². The number of imidazole rings is 1. The molecule has 196 valence electrons. The average molecular weight is 589 g/mol. The van der Waals surface area contributed by atoms with E-state index in [0.717, 1.165) is 11.3 Å². The molecule has 0 aliphatic heterocycles. The number of alkyl halides is 3. The molecule has 2 aromatic heterocycles. The second kappa shape index (κ2) is 12.4. The van der Waals surface area contributed by atoms with Crippen LogP contribution in [0.1, 0.15) is 22.3 Å². The number of carboxylic acids is 1. The van der Waals surface area contributed by atoms with Crippen molar-refractivity contribution in [2.24, 2.45) is 0 Å². The first-order chi connectivity index (χ1) is 16.7. The maximum atomic E-state index is 12.5. The number of carboxylic acid groups (broad SMARTS) is 1. The second-order valence-corrected chi connectivity index (χ2v) is 11.2. The normalized spacial score (nSPS) is 11.5. The second-order valence-electron chi connectivity index (χ2n) is 6.89. The number of rotatable bonds is 8. The average Bonchev–Trinajstić information content (AvgIpc) is 3.41. The monoisotopic (exact) mass is 588 g/mol. The lowest BCUT2D eigenvalue weighted by atomic mass is 10.1. The number of aromatic hydroxyl groups is 1. The van der Waals surface area contributed by atoms with E-state index in [0.29, 0.717) is 18.5 Å². The van der Waals surface area contributed by atoms with Crippen molar-refractivity contribution < 1.29 is 46.1 Å². The third kappa shape index (κ3) is 8.69. The lowest BCUT2D eigenvalue weighted by Gasteiger charge is -2.08. The summed E-state index contributed by atoms with van der Waals surface area (Å²) in [6.07, 6.45) is 0.635. The van der Waals surface area contributed by atoms with Gasteiger partial charge in [-0.2, -0.15) is 13.2 Å². The van der Waals surface area contributed by atoms with E-state index in [-0.39, 0.29) is 37.2 Å². The van der Waals surface area contributed by atoms with Gasteiger partial charge >= 0.3 is 18.1 Å². The van der Waals surface area contributed by atoms with Gasteiger partial charge in [0.15, 0.2) is 9.84 Å². The molecule has 0 radical (unpaired) electrons. The number of phenols is 1. The van der Waals surface area contributed by atoms with Gasteiger partial charge in [-0.15, -0.1) is 11.3 Å². The van der Waals surface area contributed by atoms with Gasteiger partial charge in [-0.05, 0) is 30.2 Å². The Morgan fingerprint density at radius 2 is 1.86 bits per heavy atom. The number of esters is 1. The van der Waals surface area contributed by atoms with Gasteiger partial charge in [0.2, 0.25) is 0 Å². The third-order valence-electron chi connectivity index (χ3n) is 4.16. The molecule has 0 aliphatic rings. The van der Waals surface area contributed by atoms with E-state index >= 15 is 0 Å². The van der Waals surface area contributed by atoms with Crippen LogP contribution in [0.5, 0.6) is 5.75 Å². The highest BCUT2D eigenvalue weighted by molar-refractivity contribution is 7.92. The van der Waals surface area contributed by atoms with Crippen LogP contribution in [0.4, 0.5) is 13.2 Å². The summed E-state index contributed by atoms with van der Waals surface area (Å²) < 4.78 is 63.9. The van der Waals surface area contributed by atoms with Crippen LogP contribution < -0.4 is 0 Å². The molecule has 0 saturated heterocycles. The van der Waals surface area contributed by atoms with Gasteiger partial charge in [-0.3, -0.25) is 0 Å². The fourth-order valence-electron chi connectivity index (χ4n) is 2.52. The van der Waals surface area contributed by atoms with E-state index in [4.69, 9.17) is 37.8 Å². The first-order valence-electron chi connectivity index (χ1n) is 9.63. The van der Waals surface area contributed by atoms with Crippen molar-refractivity contribution in [2.75, 3.05) is 6.61 Å². The molecule has 0 amide bonds. The van der Waals surface area contributed by atoms with E-state index in [1.807, 2.05) is 4.57 Å². The molecule has 0 fully saturated rings. The predicted molar refractivity (Wildman–Crippen MR) is 124 cm³/mol. The number of thiophene rings is 1. The summed E-state index contributed by atoms with van der Waals surface area (Å²) in [7, 11) is -3.69. The standard InChI is InChI=1S/C18H16Cl2N2O5S2.C2HF3O2/c19-14-9-16(28-17(14)20)29(25,26)10-12-2-3-13(15(23)8-12)18(24)27-7-1-5-22-6-4-21-11-22;3-2(4,5)1(6)7/h2-4,6,8-9,11,23H,1,5,7,10H2;(H,6,7). The summed E-state index contributed by atoms with van der Waals surface area (Å²) in [6, 6.07) is 5.32. The van der Waals surface area contributed by atoms with Crippen LogP contribution in [0.3, 0.4) is 0 Å². The Bertz CT molecular complexity index is 1290. The van der Waals surface area contributed by atoms with Crippen molar-refractivity contribution >= 4 is 56.3 Å². The number of sulfone groups is 1. The quantitative estimate of drug-likeness (QED) is 0.282. The Hall–Kier alpha value is -2.81. The van der Waals surface area contributed by atoms with Gasteiger partial charge in [-0.1, -0.05) is 29.3 Å².